The van der Waals surface area contributed by atoms with Crippen molar-refractivity contribution in [3.8, 4) is 0 Å². The molecule has 0 bridgehead atoms. The summed E-state index contributed by atoms with van der Waals surface area (Å²) in [6.07, 6.45) is 6.44. The fourth-order valence-corrected chi connectivity index (χ4v) is 4.17. The molecule has 1 aromatic carbocycles. The van der Waals surface area contributed by atoms with E-state index in [0.29, 0.717) is 56.2 Å². The Morgan fingerprint density at radius 3 is 2.59 bits per heavy atom. The van der Waals surface area contributed by atoms with Gasteiger partial charge in [-0.05, 0) is 67.4 Å². The van der Waals surface area contributed by atoms with Crippen LogP contribution in [0.2, 0.25) is 0 Å². The predicted molar refractivity (Wildman–Crippen MR) is 152 cm³/mol. The normalized spacial score (nSPS) is 13.4. The number of likely N-dealkylation sites (N-methyl/N-ethyl adjacent to an activating group) is 1. The number of anilines is 1. The smallest absolute Gasteiger partial charge is 0.410 e. The molecule has 0 saturated carbocycles. The van der Waals surface area contributed by atoms with Crippen LogP contribution in [0.15, 0.2) is 78.1 Å². The highest BCUT2D eigenvalue weighted by atomic mass is 16.6. The number of ether oxygens (including phenoxy) is 1. The summed E-state index contributed by atoms with van der Waals surface area (Å²) in [6, 6.07) is 16.6. The third-order valence-electron chi connectivity index (χ3n) is 6.27. The van der Waals surface area contributed by atoms with Gasteiger partial charge in [-0.1, -0.05) is 12.1 Å². The fraction of sp³-hybridized carbons (Fsp3) is 0.276. The van der Waals surface area contributed by atoms with E-state index >= 15 is 0 Å². The number of amides is 2. The molecule has 10 nitrogen and oxygen atoms in total. The number of aliphatic imine (C=N–C) groups is 1. The van der Waals surface area contributed by atoms with Gasteiger partial charge in [-0.15, -0.1) is 0 Å². The largest absolute Gasteiger partial charge is 0.450 e. The summed E-state index contributed by atoms with van der Waals surface area (Å²) < 4.78 is 5.09. The van der Waals surface area contributed by atoms with E-state index in [9.17, 15) is 9.59 Å². The predicted octanol–water partition coefficient (Wildman–Crippen LogP) is 4.10. The van der Waals surface area contributed by atoms with Crippen LogP contribution in [0.1, 0.15) is 35.0 Å². The van der Waals surface area contributed by atoms with Crippen molar-refractivity contribution in [3.05, 3.63) is 89.9 Å². The summed E-state index contributed by atoms with van der Waals surface area (Å²) >= 11 is 0. The second-order valence-corrected chi connectivity index (χ2v) is 9.00. The second-order valence-electron chi connectivity index (χ2n) is 9.00. The van der Waals surface area contributed by atoms with Crippen LogP contribution < -0.4 is 11.1 Å². The lowest BCUT2D eigenvalue weighted by Crippen LogP contribution is -2.35. The number of benzene rings is 1. The third-order valence-corrected chi connectivity index (χ3v) is 6.27. The van der Waals surface area contributed by atoms with Crippen LogP contribution in [-0.4, -0.2) is 71.0 Å². The monoisotopic (exact) mass is 527 g/mol. The Kier molecular flexibility index (Phi) is 9.23. The molecule has 39 heavy (non-hydrogen) atoms. The van der Waals surface area contributed by atoms with Crippen LogP contribution in [-0.2, 0) is 11.2 Å². The molecule has 2 amide bonds. The van der Waals surface area contributed by atoms with Crippen LogP contribution in [0.4, 0.5) is 16.3 Å². The zero-order valence-electron chi connectivity index (χ0n) is 22.2. The number of nitrogens with one attached hydrogen (secondary N) is 1. The molecule has 0 saturated heterocycles. The standard InChI is InChI=1S/C29H33N7O3/c1-3-39-29(38)36-19-13-21(14-20-36)25-8-6-17-32-26(25)34-28(30)33-24-11-9-22(10-12-24)27(37)35(2)18-15-23-7-4-5-16-31-23/h4-13,16-17H,3,14-15,18-20H2,1-2H3,(H3,30,32,33,34). The minimum absolute atomic E-state index is 0.0699. The molecule has 0 radical (unpaired) electrons. The number of carbonyl (C=O) groups excluding carboxylic acids is 2. The zero-order chi connectivity index (χ0) is 27.6. The topological polar surface area (TPSA) is 126 Å². The molecule has 0 aliphatic carbocycles. The van der Waals surface area contributed by atoms with Crippen LogP contribution in [0.5, 0.6) is 0 Å². The molecule has 0 fully saturated rings. The zero-order valence-corrected chi connectivity index (χ0v) is 22.2. The number of guanidine groups is 1. The number of carbonyl (C=O) groups is 2. The summed E-state index contributed by atoms with van der Waals surface area (Å²) in [7, 11) is 1.78. The quantitative estimate of drug-likeness (QED) is 0.334. The van der Waals surface area contributed by atoms with Gasteiger partial charge < -0.3 is 25.6 Å². The molecule has 1 aliphatic rings. The molecule has 3 N–H and O–H groups in total. The molecule has 0 unspecified atom stereocenters. The molecule has 3 heterocycles. The van der Waals surface area contributed by atoms with Gasteiger partial charge in [0.15, 0.2) is 11.8 Å². The van der Waals surface area contributed by atoms with Crippen molar-refractivity contribution in [2.24, 2.45) is 10.7 Å². The molecule has 0 spiro atoms. The molecule has 3 aromatic rings. The average Bonchev–Trinajstić information content (AvgIpc) is 2.97. The van der Waals surface area contributed by atoms with E-state index in [1.165, 1.54) is 0 Å². The minimum atomic E-state index is -0.311. The Morgan fingerprint density at radius 1 is 1.10 bits per heavy atom. The molecule has 2 aromatic heterocycles. The van der Waals surface area contributed by atoms with Crippen molar-refractivity contribution < 1.29 is 14.3 Å². The third kappa shape index (κ3) is 7.41. The first kappa shape index (κ1) is 27.3. The van der Waals surface area contributed by atoms with Gasteiger partial charge in [-0.25, -0.2) is 9.78 Å². The van der Waals surface area contributed by atoms with Crippen molar-refractivity contribution in [3.63, 3.8) is 0 Å². The van der Waals surface area contributed by atoms with E-state index < -0.39 is 0 Å². The van der Waals surface area contributed by atoms with Gasteiger partial charge in [-0.2, -0.15) is 4.99 Å². The SMILES string of the molecule is CCOC(=O)N1CC=C(c2cccnc2N=C(N)Nc2ccc(C(=O)N(C)CCc3ccccn3)cc2)CC1. The number of hydrogen-bond acceptors (Lipinski definition) is 6. The Labute approximate surface area is 228 Å². The Bertz CT molecular complexity index is 1340. The number of nitrogens with zero attached hydrogens (tertiary/aromatic N) is 5. The van der Waals surface area contributed by atoms with E-state index in [2.05, 4.69) is 20.3 Å². The maximum absolute atomic E-state index is 12.8. The Morgan fingerprint density at radius 2 is 1.90 bits per heavy atom. The molecule has 1 aliphatic heterocycles. The number of hydrogen-bond donors (Lipinski definition) is 2. The molecular weight excluding hydrogens is 494 g/mol. The molecular formula is C29H33N7O3. The van der Waals surface area contributed by atoms with Gasteiger partial charge in [0.1, 0.15) is 0 Å². The molecule has 4 rings (SSSR count). The second kappa shape index (κ2) is 13.2. The highest BCUT2D eigenvalue weighted by molar-refractivity contribution is 5.97. The van der Waals surface area contributed by atoms with Gasteiger partial charge in [0.05, 0.1) is 6.61 Å². The maximum atomic E-state index is 12.8. The van der Waals surface area contributed by atoms with E-state index in [1.54, 1.807) is 60.4 Å². The highest BCUT2D eigenvalue weighted by Crippen LogP contribution is 2.29. The summed E-state index contributed by atoms with van der Waals surface area (Å²) in [5.41, 5.74) is 10.3. The van der Waals surface area contributed by atoms with Crippen LogP contribution in [0, 0.1) is 0 Å². The molecule has 10 heteroatoms. The first-order valence-electron chi connectivity index (χ1n) is 12.9. The summed E-state index contributed by atoms with van der Waals surface area (Å²) in [5.74, 6) is 0.588. The van der Waals surface area contributed by atoms with Crippen molar-refractivity contribution in [1.29, 1.82) is 0 Å². The van der Waals surface area contributed by atoms with Gasteiger partial charge in [0, 0.05) is 68.0 Å². The summed E-state index contributed by atoms with van der Waals surface area (Å²) in [6.45, 7) is 3.73. The average molecular weight is 528 g/mol. The van der Waals surface area contributed by atoms with Gasteiger partial charge >= 0.3 is 6.09 Å². The van der Waals surface area contributed by atoms with E-state index in [0.717, 1.165) is 16.8 Å². The molecule has 202 valence electrons. The Balaban J connectivity index is 1.37. The minimum Gasteiger partial charge on any atom is -0.450 e. The van der Waals surface area contributed by atoms with Crippen molar-refractivity contribution in [2.45, 2.75) is 19.8 Å². The van der Waals surface area contributed by atoms with Crippen LogP contribution >= 0.6 is 0 Å². The highest BCUT2D eigenvalue weighted by Gasteiger charge is 2.20. The first-order chi connectivity index (χ1) is 18.9. The van der Waals surface area contributed by atoms with Crippen molar-refractivity contribution >= 4 is 35.0 Å². The van der Waals surface area contributed by atoms with E-state index in [-0.39, 0.29) is 18.0 Å². The fourth-order valence-electron chi connectivity index (χ4n) is 4.17. The number of rotatable bonds is 8. The maximum Gasteiger partial charge on any atom is 0.410 e. The first-order valence-corrected chi connectivity index (χ1v) is 12.9. The van der Waals surface area contributed by atoms with Gasteiger partial charge in [0.25, 0.3) is 5.91 Å². The van der Waals surface area contributed by atoms with Crippen LogP contribution in [0.25, 0.3) is 5.57 Å². The lowest BCUT2D eigenvalue weighted by atomic mass is 10.0. The Hall–Kier alpha value is -4.73. The summed E-state index contributed by atoms with van der Waals surface area (Å²) in [4.78, 5) is 41.4. The van der Waals surface area contributed by atoms with Gasteiger partial charge in [-0.3, -0.25) is 9.78 Å². The van der Waals surface area contributed by atoms with Crippen molar-refractivity contribution in [1.82, 2.24) is 19.8 Å². The van der Waals surface area contributed by atoms with E-state index in [1.807, 2.05) is 36.4 Å². The lowest BCUT2D eigenvalue weighted by Gasteiger charge is -2.26. The number of pyridine rings is 2. The van der Waals surface area contributed by atoms with Crippen molar-refractivity contribution in [2.75, 3.05) is 38.6 Å². The molecule has 0 atom stereocenters. The van der Waals surface area contributed by atoms with E-state index in [4.69, 9.17) is 10.5 Å². The number of aromatic nitrogens is 2. The van der Waals surface area contributed by atoms with Gasteiger partial charge in [0.2, 0.25) is 0 Å². The summed E-state index contributed by atoms with van der Waals surface area (Å²) in [5, 5.41) is 3.06. The number of nitrogens with two attached hydrogens (primary N) is 1. The lowest BCUT2D eigenvalue weighted by molar-refractivity contribution is 0.0796. The van der Waals surface area contributed by atoms with Crippen LogP contribution in [0.3, 0.4) is 0 Å².